The van der Waals surface area contributed by atoms with Crippen LogP contribution in [0.15, 0.2) is 54.2 Å². The number of hydrogen-bond acceptors (Lipinski definition) is 6. The van der Waals surface area contributed by atoms with Gasteiger partial charge in [0.05, 0.1) is 48.9 Å². The molecule has 1 aliphatic rings. The Morgan fingerprint density at radius 2 is 1.94 bits per heavy atom. The first kappa shape index (κ1) is 24.0. The lowest BCUT2D eigenvalue weighted by Gasteiger charge is -2.20. The minimum absolute atomic E-state index is 0.120. The molecule has 0 fully saturated rings. The molecule has 4 heterocycles. The van der Waals surface area contributed by atoms with Crippen molar-refractivity contribution in [1.29, 1.82) is 0 Å². The summed E-state index contributed by atoms with van der Waals surface area (Å²) in [6.07, 6.45) is 3.64. The van der Waals surface area contributed by atoms with E-state index in [9.17, 15) is 9.59 Å². The number of ether oxygens (including phenoxy) is 1. The lowest BCUT2D eigenvalue weighted by molar-refractivity contribution is -0.115. The van der Waals surface area contributed by atoms with E-state index in [0.29, 0.717) is 23.9 Å². The summed E-state index contributed by atoms with van der Waals surface area (Å²) in [5.41, 5.74) is 5.05. The molecule has 1 aliphatic heterocycles. The highest BCUT2D eigenvalue weighted by atomic mass is 32.1. The van der Waals surface area contributed by atoms with Crippen LogP contribution in [-0.2, 0) is 28.2 Å². The van der Waals surface area contributed by atoms with Crippen molar-refractivity contribution in [3.05, 3.63) is 65.4 Å². The SMILES string of the molecule is CC(C)(C)n1ccc(C(=O)NCC(=O)Nc2nc(-c3cccc(-c4cc5n(n4)CCOC5)c3)cs2)c1. The van der Waals surface area contributed by atoms with Crippen molar-refractivity contribution in [2.75, 3.05) is 18.5 Å². The van der Waals surface area contributed by atoms with Crippen LogP contribution in [0, 0.1) is 0 Å². The van der Waals surface area contributed by atoms with Crippen LogP contribution in [0.3, 0.4) is 0 Å². The summed E-state index contributed by atoms with van der Waals surface area (Å²) in [5.74, 6) is -0.628. The van der Waals surface area contributed by atoms with Gasteiger partial charge in [0, 0.05) is 34.4 Å². The normalized spacial score (nSPS) is 13.3. The summed E-state index contributed by atoms with van der Waals surface area (Å²) >= 11 is 1.34. The molecule has 1 aromatic carbocycles. The largest absolute Gasteiger partial charge is 0.373 e. The molecular weight excluding hydrogens is 476 g/mol. The number of aromatic nitrogens is 4. The highest BCUT2D eigenvalue weighted by Gasteiger charge is 2.17. The Morgan fingerprint density at radius 1 is 1.14 bits per heavy atom. The summed E-state index contributed by atoms with van der Waals surface area (Å²) in [4.78, 5) is 29.4. The van der Waals surface area contributed by atoms with Gasteiger partial charge in [-0.1, -0.05) is 18.2 Å². The molecular formula is C26H28N6O3S. The predicted molar refractivity (Wildman–Crippen MR) is 139 cm³/mol. The molecule has 0 unspecified atom stereocenters. The summed E-state index contributed by atoms with van der Waals surface area (Å²) in [5, 5.41) is 12.5. The Bertz CT molecular complexity index is 1390. The van der Waals surface area contributed by atoms with E-state index in [1.807, 2.05) is 45.1 Å². The number of carbonyl (C=O) groups is 2. The van der Waals surface area contributed by atoms with Gasteiger partial charge in [-0.05, 0) is 39.0 Å². The first-order chi connectivity index (χ1) is 17.3. The maximum absolute atomic E-state index is 12.4. The zero-order valence-electron chi connectivity index (χ0n) is 20.4. The fourth-order valence-electron chi connectivity index (χ4n) is 3.91. The van der Waals surface area contributed by atoms with Gasteiger partial charge in [0.2, 0.25) is 5.91 Å². The van der Waals surface area contributed by atoms with E-state index in [1.165, 1.54) is 11.3 Å². The van der Waals surface area contributed by atoms with Gasteiger partial charge in [0.25, 0.3) is 5.91 Å². The second kappa shape index (κ2) is 9.71. The average molecular weight is 505 g/mol. The number of hydrogen-bond donors (Lipinski definition) is 2. The lowest BCUT2D eigenvalue weighted by Crippen LogP contribution is -2.32. The molecule has 0 saturated carbocycles. The zero-order chi connectivity index (χ0) is 25.3. The number of nitrogens with one attached hydrogen (secondary N) is 2. The standard InChI is InChI=1S/C26H28N6O3S/c1-26(2,3)31-8-7-19(14-31)24(34)27-13-23(33)29-25-28-22(16-36-25)18-6-4-5-17(11-18)21-12-20-15-35-10-9-32(20)30-21/h4-8,11-12,14,16H,9-10,13,15H2,1-3H3,(H,27,34)(H,28,29,33). The van der Waals surface area contributed by atoms with Crippen molar-refractivity contribution in [2.24, 2.45) is 0 Å². The van der Waals surface area contributed by atoms with Crippen LogP contribution >= 0.6 is 11.3 Å². The summed E-state index contributed by atoms with van der Waals surface area (Å²) in [7, 11) is 0. The number of benzene rings is 1. The molecule has 9 nitrogen and oxygen atoms in total. The third-order valence-electron chi connectivity index (χ3n) is 5.90. The molecule has 3 aromatic heterocycles. The molecule has 10 heteroatoms. The van der Waals surface area contributed by atoms with E-state index in [4.69, 9.17) is 9.84 Å². The Balaban J connectivity index is 1.20. The molecule has 0 aliphatic carbocycles. The Hall–Kier alpha value is -3.76. The second-order valence-electron chi connectivity index (χ2n) is 9.62. The van der Waals surface area contributed by atoms with Crippen molar-refractivity contribution in [3.63, 3.8) is 0 Å². The van der Waals surface area contributed by atoms with Gasteiger partial charge in [-0.15, -0.1) is 11.3 Å². The number of rotatable bonds is 6. The predicted octanol–water partition coefficient (Wildman–Crippen LogP) is 4.13. The minimum Gasteiger partial charge on any atom is -0.373 e. The van der Waals surface area contributed by atoms with Crippen LogP contribution in [-0.4, -0.2) is 44.3 Å². The summed E-state index contributed by atoms with van der Waals surface area (Å²) in [6.45, 7) is 8.04. The van der Waals surface area contributed by atoms with Crippen molar-refractivity contribution in [3.8, 4) is 22.5 Å². The van der Waals surface area contributed by atoms with Crippen LogP contribution in [0.25, 0.3) is 22.5 Å². The lowest BCUT2D eigenvalue weighted by atomic mass is 10.1. The number of fused-ring (bicyclic) bond motifs is 1. The number of nitrogens with zero attached hydrogens (tertiary/aromatic N) is 4. The third kappa shape index (κ3) is 5.24. The van der Waals surface area contributed by atoms with E-state index in [-0.39, 0.29) is 23.9 Å². The second-order valence-corrected chi connectivity index (χ2v) is 10.5. The Labute approximate surface area is 213 Å². The van der Waals surface area contributed by atoms with E-state index >= 15 is 0 Å². The van der Waals surface area contributed by atoms with Gasteiger partial charge < -0.3 is 19.9 Å². The van der Waals surface area contributed by atoms with E-state index < -0.39 is 0 Å². The number of carbonyl (C=O) groups excluding carboxylic acids is 2. The molecule has 0 radical (unpaired) electrons. The van der Waals surface area contributed by atoms with Gasteiger partial charge in [-0.2, -0.15) is 5.10 Å². The molecule has 2 amide bonds. The van der Waals surface area contributed by atoms with Gasteiger partial charge in [-0.3, -0.25) is 14.3 Å². The maximum Gasteiger partial charge on any atom is 0.253 e. The average Bonchev–Trinajstić information content (AvgIpc) is 3.61. The highest BCUT2D eigenvalue weighted by molar-refractivity contribution is 7.14. The van der Waals surface area contributed by atoms with Crippen LogP contribution in [0.5, 0.6) is 0 Å². The number of anilines is 1. The summed E-state index contributed by atoms with van der Waals surface area (Å²) in [6, 6.07) is 11.8. The first-order valence-corrected chi connectivity index (χ1v) is 12.6. The van der Waals surface area contributed by atoms with Crippen molar-refractivity contribution < 1.29 is 14.3 Å². The molecule has 0 bridgehead atoms. The molecule has 0 spiro atoms. The minimum atomic E-state index is -0.334. The molecule has 2 N–H and O–H groups in total. The quantitative estimate of drug-likeness (QED) is 0.411. The Kier molecular flexibility index (Phi) is 6.46. The molecule has 0 saturated heterocycles. The molecule has 4 aromatic rings. The van der Waals surface area contributed by atoms with Gasteiger partial charge in [0.1, 0.15) is 0 Å². The van der Waals surface area contributed by atoms with E-state index in [2.05, 4.69) is 42.5 Å². The molecule has 5 rings (SSSR count). The van der Waals surface area contributed by atoms with Crippen molar-refractivity contribution in [1.82, 2.24) is 24.6 Å². The van der Waals surface area contributed by atoms with Crippen LogP contribution in [0.4, 0.5) is 5.13 Å². The van der Waals surface area contributed by atoms with E-state index in [0.717, 1.165) is 34.8 Å². The van der Waals surface area contributed by atoms with Crippen LogP contribution in [0.1, 0.15) is 36.8 Å². The van der Waals surface area contributed by atoms with Gasteiger partial charge in [-0.25, -0.2) is 4.98 Å². The van der Waals surface area contributed by atoms with Crippen LogP contribution in [0.2, 0.25) is 0 Å². The monoisotopic (exact) mass is 504 g/mol. The first-order valence-electron chi connectivity index (χ1n) is 11.7. The highest BCUT2D eigenvalue weighted by Crippen LogP contribution is 2.29. The molecule has 186 valence electrons. The smallest absolute Gasteiger partial charge is 0.253 e. The summed E-state index contributed by atoms with van der Waals surface area (Å²) < 4.78 is 9.46. The fraction of sp³-hybridized carbons (Fsp3) is 0.308. The number of amides is 2. The molecule has 0 atom stereocenters. The maximum atomic E-state index is 12.4. The topological polar surface area (TPSA) is 103 Å². The number of thiazole rings is 1. The van der Waals surface area contributed by atoms with Crippen molar-refractivity contribution in [2.45, 2.75) is 39.5 Å². The van der Waals surface area contributed by atoms with Crippen molar-refractivity contribution >= 4 is 28.3 Å². The Morgan fingerprint density at radius 3 is 2.69 bits per heavy atom. The van der Waals surface area contributed by atoms with Gasteiger partial charge in [0.15, 0.2) is 5.13 Å². The third-order valence-corrected chi connectivity index (χ3v) is 6.66. The zero-order valence-corrected chi connectivity index (χ0v) is 21.3. The van der Waals surface area contributed by atoms with E-state index in [1.54, 1.807) is 12.3 Å². The fourth-order valence-corrected chi connectivity index (χ4v) is 4.65. The molecule has 36 heavy (non-hydrogen) atoms. The van der Waals surface area contributed by atoms with Crippen LogP contribution < -0.4 is 10.6 Å². The van der Waals surface area contributed by atoms with Gasteiger partial charge >= 0.3 is 0 Å².